The highest BCUT2D eigenvalue weighted by molar-refractivity contribution is 5.86. The molecule has 1 aliphatic rings. The summed E-state index contributed by atoms with van der Waals surface area (Å²) in [6.07, 6.45) is 1.03. The van der Waals surface area contributed by atoms with Crippen molar-refractivity contribution >= 4 is 5.97 Å². The predicted molar refractivity (Wildman–Crippen MR) is 64.6 cm³/mol. The second-order valence-corrected chi connectivity index (χ2v) is 4.61. The minimum Gasteiger partial charge on any atom is -0.476 e. The van der Waals surface area contributed by atoms with Crippen LogP contribution in [0.5, 0.6) is 0 Å². The number of aromatic carboxylic acids is 1. The topological polar surface area (TPSA) is 68.0 Å². The van der Waals surface area contributed by atoms with Crippen molar-refractivity contribution in [3.8, 4) is 0 Å². The van der Waals surface area contributed by atoms with Crippen molar-refractivity contribution in [2.45, 2.75) is 25.8 Å². The average Bonchev–Trinajstić information content (AvgIpc) is 2.68. The Kier molecular flexibility index (Phi) is 2.40. The van der Waals surface area contributed by atoms with Crippen LogP contribution in [0.4, 0.5) is 0 Å². The van der Waals surface area contributed by atoms with E-state index < -0.39 is 5.97 Å². The third-order valence-electron chi connectivity index (χ3n) is 3.54. The fourth-order valence-electron chi connectivity index (χ4n) is 2.47. The second kappa shape index (κ2) is 3.94. The van der Waals surface area contributed by atoms with Gasteiger partial charge in [0.15, 0.2) is 5.69 Å². The van der Waals surface area contributed by atoms with Crippen molar-refractivity contribution in [1.29, 1.82) is 0 Å². The summed E-state index contributed by atoms with van der Waals surface area (Å²) in [6, 6.07) is 8.32. The molecule has 1 N–H and O–H groups in total. The van der Waals surface area contributed by atoms with Crippen molar-refractivity contribution in [1.82, 2.24) is 15.0 Å². The minimum absolute atomic E-state index is 0.0441. The summed E-state index contributed by atoms with van der Waals surface area (Å²) < 4.78 is 1.68. The lowest BCUT2D eigenvalue weighted by Crippen LogP contribution is -2.23. The maximum Gasteiger partial charge on any atom is 0.358 e. The SMILES string of the molecule is Cc1c(C(=O)O)nnn1CC1Cc2ccccc21. The quantitative estimate of drug-likeness (QED) is 0.889. The van der Waals surface area contributed by atoms with Gasteiger partial charge in [-0.05, 0) is 24.5 Å². The molecule has 1 aliphatic carbocycles. The van der Waals surface area contributed by atoms with Crippen LogP contribution < -0.4 is 0 Å². The molecule has 0 amide bonds. The second-order valence-electron chi connectivity index (χ2n) is 4.61. The van der Waals surface area contributed by atoms with Crippen molar-refractivity contribution in [2.75, 3.05) is 0 Å². The molecule has 1 unspecified atom stereocenters. The maximum atomic E-state index is 10.9. The molecule has 0 bridgehead atoms. The zero-order valence-corrected chi connectivity index (χ0v) is 10.00. The largest absolute Gasteiger partial charge is 0.476 e. The maximum absolute atomic E-state index is 10.9. The molecule has 0 spiro atoms. The Balaban J connectivity index is 1.82. The molecule has 0 aliphatic heterocycles. The molecule has 2 aromatic rings. The van der Waals surface area contributed by atoms with Gasteiger partial charge in [-0.1, -0.05) is 29.5 Å². The predicted octanol–water partition coefficient (Wildman–Crippen LogP) is 1.62. The number of aromatic nitrogens is 3. The Morgan fingerprint density at radius 3 is 2.94 bits per heavy atom. The van der Waals surface area contributed by atoms with Crippen LogP contribution in [0.1, 0.15) is 33.2 Å². The van der Waals surface area contributed by atoms with E-state index in [4.69, 9.17) is 5.11 Å². The van der Waals surface area contributed by atoms with Crippen molar-refractivity contribution < 1.29 is 9.90 Å². The summed E-state index contributed by atoms with van der Waals surface area (Å²) >= 11 is 0. The van der Waals surface area contributed by atoms with E-state index in [9.17, 15) is 4.79 Å². The summed E-state index contributed by atoms with van der Waals surface area (Å²) in [5.41, 5.74) is 3.37. The third kappa shape index (κ3) is 1.59. The lowest BCUT2D eigenvalue weighted by Gasteiger charge is -2.30. The molecule has 92 valence electrons. The summed E-state index contributed by atoms with van der Waals surface area (Å²) in [5, 5.41) is 16.5. The van der Waals surface area contributed by atoms with E-state index in [2.05, 4.69) is 22.4 Å². The molecule has 5 nitrogen and oxygen atoms in total. The van der Waals surface area contributed by atoms with Gasteiger partial charge in [0.2, 0.25) is 0 Å². The van der Waals surface area contributed by atoms with Crippen LogP contribution in [0, 0.1) is 6.92 Å². The molecule has 5 heteroatoms. The van der Waals surface area contributed by atoms with Gasteiger partial charge in [-0.25, -0.2) is 9.48 Å². The van der Waals surface area contributed by atoms with Gasteiger partial charge in [-0.3, -0.25) is 0 Å². The molecule has 0 radical (unpaired) electrons. The molecule has 3 rings (SSSR count). The standard InChI is InChI=1S/C13H13N3O2/c1-8-12(13(17)18)14-15-16(8)7-10-6-9-4-2-3-5-11(9)10/h2-5,10H,6-7H2,1H3,(H,17,18). The van der Waals surface area contributed by atoms with E-state index in [1.165, 1.54) is 11.1 Å². The first kappa shape index (κ1) is 11.0. The monoisotopic (exact) mass is 243 g/mol. The van der Waals surface area contributed by atoms with Gasteiger partial charge in [0.25, 0.3) is 0 Å². The Morgan fingerprint density at radius 2 is 2.28 bits per heavy atom. The van der Waals surface area contributed by atoms with Crippen LogP contribution in [0.15, 0.2) is 24.3 Å². The molecular formula is C13H13N3O2. The minimum atomic E-state index is -1.02. The van der Waals surface area contributed by atoms with Gasteiger partial charge < -0.3 is 5.11 Å². The number of rotatable bonds is 3. The van der Waals surface area contributed by atoms with Gasteiger partial charge in [0.05, 0.1) is 12.2 Å². The molecule has 0 fully saturated rings. The molecule has 1 atom stereocenters. The van der Waals surface area contributed by atoms with Crippen molar-refractivity contribution in [3.63, 3.8) is 0 Å². The van der Waals surface area contributed by atoms with E-state index in [1.807, 2.05) is 12.1 Å². The molecule has 18 heavy (non-hydrogen) atoms. The number of hydrogen-bond acceptors (Lipinski definition) is 3. The van der Waals surface area contributed by atoms with Crippen LogP contribution in [-0.4, -0.2) is 26.1 Å². The summed E-state index contributed by atoms with van der Waals surface area (Å²) in [5.74, 6) is -0.601. The number of carboxylic acid groups (broad SMARTS) is 1. The zero-order chi connectivity index (χ0) is 12.7. The Morgan fingerprint density at radius 1 is 1.50 bits per heavy atom. The average molecular weight is 243 g/mol. The molecule has 0 saturated carbocycles. The van der Waals surface area contributed by atoms with E-state index in [0.717, 1.165) is 6.42 Å². The number of carbonyl (C=O) groups is 1. The summed E-state index contributed by atoms with van der Waals surface area (Å²) in [4.78, 5) is 10.9. The smallest absolute Gasteiger partial charge is 0.358 e. The number of hydrogen-bond donors (Lipinski definition) is 1. The van der Waals surface area contributed by atoms with Gasteiger partial charge in [0.1, 0.15) is 0 Å². The first-order valence-electron chi connectivity index (χ1n) is 5.88. The normalized spacial score (nSPS) is 17.1. The Hall–Kier alpha value is -2.17. The molecule has 1 heterocycles. The van der Waals surface area contributed by atoms with Gasteiger partial charge >= 0.3 is 5.97 Å². The van der Waals surface area contributed by atoms with Gasteiger partial charge in [0, 0.05) is 5.92 Å². The lowest BCUT2D eigenvalue weighted by atomic mass is 9.77. The van der Waals surface area contributed by atoms with E-state index in [1.54, 1.807) is 11.6 Å². The van der Waals surface area contributed by atoms with Crippen LogP contribution in [0.2, 0.25) is 0 Å². The van der Waals surface area contributed by atoms with Crippen molar-refractivity contribution in [2.24, 2.45) is 0 Å². The number of benzene rings is 1. The molecular weight excluding hydrogens is 230 g/mol. The van der Waals surface area contributed by atoms with E-state index in [-0.39, 0.29) is 5.69 Å². The third-order valence-corrected chi connectivity index (χ3v) is 3.54. The number of fused-ring (bicyclic) bond motifs is 1. The highest BCUT2D eigenvalue weighted by Gasteiger charge is 2.27. The van der Waals surface area contributed by atoms with E-state index in [0.29, 0.717) is 18.2 Å². The highest BCUT2D eigenvalue weighted by Crippen LogP contribution is 2.35. The first-order valence-corrected chi connectivity index (χ1v) is 5.88. The van der Waals surface area contributed by atoms with Crippen LogP contribution in [-0.2, 0) is 13.0 Å². The highest BCUT2D eigenvalue weighted by atomic mass is 16.4. The van der Waals surface area contributed by atoms with Gasteiger partial charge in [-0.15, -0.1) is 5.10 Å². The Labute approximate surface area is 104 Å². The molecule has 1 aromatic carbocycles. The van der Waals surface area contributed by atoms with Crippen LogP contribution in [0.3, 0.4) is 0 Å². The molecule has 0 saturated heterocycles. The zero-order valence-electron chi connectivity index (χ0n) is 10.00. The number of carboxylic acids is 1. The summed E-state index contributed by atoms with van der Waals surface area (Å²) in [7, 11) is 0. The fourth-order valence-corrected chi connectivity index (χ4v) is 2.47. The number of nitrogens with zero attached hydrogens (tertiary/aromatic N) is 3. The van der Waals surface area contributed by atoms with Crippen LogP contribution in [0.25, 0.3) is 0 Å². The molecule has 1 aromatic heterocycles. The lowest BCUT2D eigenvalue weighted by molar-refractivity contribution is 0.0689. The van der Waals surface area contributed by atoms with Gasteiger partial charge in [-0.2, -0.15) is 0 Å². The summed E-state index contributed by atoms with van der Waals surface area (Å²) in [6.45, 7) is 2.44. The Bertz CT molecular complexity index is 618. The van der Waals surface area contributed by atoms with Crippen molar-refractivity contribution in [3.05, 3.63) is 46.8 Å². The fraction of sp³-hybridized carbons (Fsp3) is 0.308. The van der Waals surface area contributed by atoms with E-state index >= 15 is 0 Å². The first-order chi connectivity index (χ1) is 8.66. The van der Waals surface area contributed by atoms with Crippen LogP contribution >= 0.6 is 0 Å².